The van der Waals surface area contributed by atoms with Crippen LogP contribution in [0.3, 0.4) is 0 Å². The maximum absolute atomic E-state index is 12.0. The first kappa shape index (κ1) is 19.2. The molecule has 0 aliphatic rings. The number of rotatable bonds is 8. The Bertz CT molecular complexity index is 731. The summed E-state index contributed by atoms with van der Waals surface area (Å²) in [5.41, 5.74) is 2.66. The smallest absolute Gasteiger partial charge is 0.251 e. The Morgan fingerprint density at radius 3 is 2.52 bits per heavy atom. The van der Waals surface area contributed by atoms with E-state index in [0.717, 1.165) is 22.0 Å². The topological polar surface area (TPSA) is 58.2 Å². The molecule has 0 saturated carbocycles. The monoisotopic (exact) mass is 402 g/mol. The van der Waals surface area contributed by atoms with Crippen LogP contribution in [-0.2, 0) is 17.8 Å². The summed E-state index contributed by atoms with van der Waals surface area (Å²) in [6.45, 7) is 3.10. The number of halogens is 1. The summed E-state index contributed by atoms with van der Waals surface area (Å²) in [6, 6.07) is 15.3. The van der Waals surface area contributed by atoms with Crippen LogP contribution in [0.4, 0.5) is 0 Å². The molecule has 0 radical (unpaired) electrons. The lowest BCUT2D eigenvalue weighted by molar-refractivity contribution is -0.121. The zero-order valence-corrected chi connectivity index (χ0v) is 15.9. The zero-order chi connectivity index (χ0) is 18.1. The van der Waals surface area contributed by atoms with Crippen molar-refractivity contribution in [3.8, 4) is 0 Å². The number of aryl methyl sites for hydroxylation is 1. The van der Waals surface area contributed by atoms with Crippen LogP contribution in [0.15, 0.2) is 53.0 Å². The number of benzene rings is 2. The summed E-state index contributed by atoms with van der Waals surface area (Å²) < 4.78 is 1.02. The van der Waals surface area contributed by atoms with Gasteiger partial charge >= 0.3 is 0 Å². The van der Waals surface area contributed by atoms with Gasteiger partial charge in [-0.1, -0.05) is 47.1 Å². The molecule has 25 heavy (non-hydrogen) atoms. The van der Waals surface area contributed by atoms with Gasteiger partial charge in [0.2, 0.25) is 5.91 Å². The minimum absolute atomic E-state index is 0.000753. The first-order valence-electron chi connectivity index (χ1n) is 8.46. The lowest BCUT2D eigenvalue weighted by atomic mass is 10.1. The van der Waals surface area contributed by atoms with Crippen molar-refractivity contribution < 1.29 is 9.59 Å². The van der Waals surface area contributed by atoms with E-state index in [1.54, 1.807) is 6.07 Å². The standard InChI is InChI=1S/C20H23BrN2O2/c1-2-11-22-20(25)17-7-3-6-16(12-17)14-23-19(24)10-9-15-5-4-8-18(21)13-15/h3-8,12-13H,2,9-11,14H2,1H3,(H,22,25)(H,23,24). The van der Waals surface area contributed by atoms with Gasteiger partial charge < -0.3 is 10.6 Å². The molecule has 0 fully saturated rings. The number of hydrogen-bond acceptors (Lipinski definition) is 2. The van der Waals surface area contributed by atoms with Crippen molar-refractivity contribution in [2.24, 2.45) is 0 Å². The molecule has 0 heterocycles. The Morgan fingerprint density at radius 1 is 1.00 bits per heavy atom. The highest BCUT2D eigenvalue weighted by atomic mass is 79.9. The van der Waals surface area contributed by atoms with Gasteiger partial charge in [0.15, 0.2) is 0 Å². The lowest BCUT2D eigenvalue weighted by Crippen LogP contribution is -2.25. The highest BCUT2D eigenvalue weighted by Gasteiger charge is 2.07. The van der Waals surface area contributed by atoms with Crippen molar-refractivity contribution in [3.63, 3.8) is 0 Å². The molecule has 2 aromatic carbocycles. The van der Waals surface area contributed by atoms with Gasteiger partial charge in [0.05, 0.1) is 0 Å². The molecule has 132 valence electrons. The maximum Gasteiger partial charge on any atom is 0.251 e. The van der Waals surface area contributed by atoms with Gasteiger partial charge in [-0.15, -0.1) is 0 Å². The van der Waals surface area contributed by atoms with E-state index in [4.69, 9.17) is 0 Å². The van der Waals surface area contributed by atoms with Gasteiger partial charge in [0.1, 0.15) is 0 Å². The van der Waals surface area contributed by atoms with Crippen molar-refractivity contribution >= 4 is 27.7 Å². The average molecular weight is 403 g/mol. The quantitative estimate of drug-likeness (QED) is 0.704. The van der Waals surface area contributed by atoms with Gasteiger partial charge in [-0.2, -0.15) is 0 Å². The van der Waals surface area contributed by atoms with Crippen LogP contribution in [0.2, 0.25) is 0 Å². The van der Waals surface area contributed by atoms with Crippen LogP contribution in [0.1, 0.15) is 41.3 Å². The van der Waals surface area contributed by atoms with Gasteiger partial charge in [-0.05, 0) is 48.2 Å². The molecule has 0 aliphatic heterocycles. The molecule has 5 heteroatoms. The zero-order valence-electron chi connectivity index (χ0n) is 14.3. The molecule has 0 bridgehead atoms. The van der Waals surface area contributed by atoms with Gasteiger partial charge in [-0.25, -0.2) is 0 Å². The number of amides is 2. The fourth-order valence-electron chi connectivity index (χ4n) is 2.40. The van der Waals surface area contributed by atoms with E-state index < -0.39 is 0 Å². The minimum Gasteiger partial charge on any atom is -0.352 e. The third-order valence-corrected chi connectivity index (χ3v) is 4.24. The fraction of sp³-hybridized carbons (Fsp3) is 0.300. The minimum atomic E-state index is -0.0790. The molecular formula is C20H23BrN2O2. The Morgan fingerprint density at radius 2 is 1.76 bits per heavy atom. The molecule has 2 N–H and O–H groups in total. The van der Waals surface area contributed by atoms with Gasteiger partial charge in [0, 0.05) is 29.5 Å². The molecule has 0 saturated heterocycles. The third kappa shape index (κ3) is 6.70. The summed E-state index contributed by atoms with van der Waals surface area (Å²) in [6.07, 6.45) is 2.04. The average Bonchev–Trinajstić information content (AvgIpc) is 2.63. The van der Waals surface area contributed by atoms with E-state index in [-0.39, 0.29) is 11.8 Å². The van der Waals surface area contributed by atoms with E-state index in [9.17, 15) is 9.59 Å². The molecule has 2 aromatic rings. The van der Waals surface area contributed by atoms with Crippen LogP contribution >= 0.6 is 15.9 Å². The van der Waals surface area contributed by atoms with Crippen molar-refractivity contribution in [1.29, 1.82) is 0 Å². The number of carbonyl (C=O) groups is 2. The fourth-order valence-corrected chi connectivity index (χ4v) is 2.85. The van der Waals surface area contributed by atoms with E-state index in [0.29, 0.717) is 31.5 Å². The first-order valence-corrected chi connectivity index (χ1v) is 9.26. The van der Waals surface area contributed by atoms with Crippen LogP contribution in [0.5, 0.6) is 0 Å². The van der Waals surface area contributed by atoms with E-state index >= 15 is 0 Å². The van der Waals surface area contributed by atoms with Crippen LogP contribution in [0.25, 0.3) is 0 Å². The Kier molecular flexibility index (Phi) is 7.67. The van der Waals surface area contributed by atoms with E-state index in [1.165, 1.54) is 0 Å². The molecule has 0 aromatic heterocycles. The molecule has 2 amide bonds. The lowest BCUT2D eigenvalue weighted by Gasteiger charge is -2.08. The Labute approximate surface area is 157 Å². The summed E-state index contributed by atoms with van der Waals surface area (Å²) in [5.74, 6) is -0.0782. The van der Waals surface area contributed by atoms with E-state index in [1.807, 2.05) is 49.4 Å². The van der Waals surface area contributed by atoms with Crippen molar-refractivity contribution in [3.05, 3.63) is 69.7 Å². The van der Waals surface area contributed by atoms with Crippen LogP contribution in [-0.4, -0.2) is 18.4 Å². The molecule has 0 unspecified atom stereocenters. The maximum atomic E-state index is 12.0. The second-order valence-corrected chi connectivity index (χ2v) is 6.78. The molecular weight excluding hydrogens is 380 g/mol. The van der Waals surface area contributed by atoms with Gasteiger partial charge in [0.25, 0.3) is 5.91 Å². The Balaban J connectivity index is 1.82. The second-order valence-electron chi connectivity index (χ2n) is 5.86. The number of hydrogen-bond donors (Lipinski definition) is 2. The molecule has 4 nitrogen and oxygen atoms in total. The van der Waals surface area contributed by atoms with Crippen molar-refractivity contribution in [2.75, 3.05) is 6.54 Å². The highest BCUT2D eigenvalue weighted by Crippen LogP contribution is 2.13. The second kappa shape index (κ2) is 9.99. The number of nitrogens with one attached hydrogen (secondary N) is 2. The van der Waals surface area contributed by atoms with Crippen LogP contribution < -0.4 is 10.6 Å². The summed E-state index contributed by atoms with van der Waals surface area (Å²) in [7, 11) is 0. The third-order valence-electron chi connectivity index (χ3n) is 3.74. The molecule has 2 rings (SSSR count). The van der Waals surface area contributed by atoms with E-state index in [2.05, 4.69) is 26.6 Å². The predicted octanol–water partition coefficient (Wildman–Crippen LogP) is 3.84. The van der Waals surface area contributed by atoms with Crippen molar-refractivity contribution in [2.45, 2.75) is 32.7 Å². The summed E-state index contributed by atoms with van der Waals surface area (Å²) >= 11 is 3.43. The van der Waals surface area contributed by atoms with Crippen molar-refractivity contribution in [1.82, 2.24) is 10.6 Å². The largest absolute Gasteiger partial charge is 0.352 e. The first-order chi connectivity index (χ1) is 12.1. The molecule has 0 aliphatic carbocycles. The van der Waals surface area contributed by atoms with Crippen LogP contribution in [0, 0.1) is 0 Å². The summed E-state index contributed by atoms with van der Waals surface area (Å²) in [4.78, 5) is 24.0. The van der Waals surface area contributed by atoms with Gasteiger partial charge in [-0.3, -0.25) is 9.59 Å². The SMILES string of the molecule is CCCNC(=O)c1cccc(CNC(=O)CCc2cccc(Br)c2)c1. The molecule has 0 atom stereocenters. The number of carbonyl (C=O) groups excluding carboxylic acids is 2. The highest BCUT2D eigenvalue weighted by molar-refractivity contribution is 9.10. The normalized spacial score (nSPS) is 10.3. The molecule has 0 spiro atoms. The summed E-state index contributed by atoms with van der Waals surface area (Å²) in [5, 5.41) is 5.76. The predicted molar refractivity (Wildman–Crippen MR) is 103 cm³/mol. The Hall–Kier alpha value is -2.14.